The first kappa shape index (κ1) is 18.3. The van der Waals surface area contributed by atoms with Crippen molar-refractivity contribution in [2.75, 3.05) is 19.9 Å². The van der Waals surface area contributed by atoms with Crippen molar-refractivity contribution in [3.63, 3.8) is 0 Å². The molecule has 1 aromatic carbocycles. The van der Waals surface area contributed by atoms with Crippen LogP contribution in [0.1, 0.15) is 39.2 Å². The summed E-state index contributed by atoms with van der Waals surface area (Å²) in [5.41, 5.74) is 1.12. The lowest BCUT2D eigenvalue weighted by molar-refractivity contribution is -0.127. The Morgan fingerprint density at radius 1 is 1.28 bits per heavy atom. The van der Waals surface area contributed by atoms with Crippen molar-refractivity contribution in [2.45, 2.75) is 46.2 Å². The first-order valence-corrected chi connectivity index (χ1v) is 9.42. The van der Waals surface area contributed by atoms with Crippen LogP contribution < -0.4 is 14.8 Å². The molecule has 5 nitrogen and oxygen atoms in total. The van der Waals surface area contributed by atoms with Crippen LogP contribution in [0.15, 0.2) is 12.1 Å². The molecule has 1 aromatic rings. The highest BCUT2D eigenvalue weighted by molar-refractivity contribution is 6.32. The number of hydrogen-bond acceptors (Lipinski definition) is 4. The number of piperidine rings is 1. The zero-order valence-corrected chi connectivity index (χ0v) is 15.9. The average Bonchev–Trinajstić information content (AvgIpc) is 3.04. The largest absolute Gasteiger partial charge is 0.454 e. The molecule has 0 radical (unpaired) electrons. The number of ether oxygens (including phenoxy) is 2. The molecule has 3 rings (SSSR count). The molecule has 0 spiro atoms. The highest BCUT2D eigenvalue weighted by Crippen LogP contribution is 2.40. The summed E-state index contributed by atoms with van der Waals surface area (Å²) in [7, 11) is 0. The van der Waals surface area contributed by atoms with Crippen LogP contribution in [0.2, 0.25) is 5.02 Å². The van der Waals surface area contributed by atoms with E-state index in [1.165, 1.54) is 0 Å². The molecule has 0 bridgehead atoms. The first-order valence-electron chi connectivity index (χ1n) is 9.04. The third-order valence-corrected chi connectivity index (χ3v) is 5.50. The second kappa shape index (κ2) is 7.83. The molecular weight excluding hydrogens is 340 g/mol. The second-order valence-electron chi connectivity index (χ2n) is 7.40. The number of hydrogen-bond donors (Lipinski definition) is 1. The van der Waals surface area contributed by atoms with E-state index < -0.39 is 0 Å². The number of amides is 1. The van der Waals surface area contributed by atoms with Crippen LogP contribution in [0.3, 0.4) is 0 Å². The summed E-state index contributed by atoms with van der Waals surface area (Å²) < 4.78 is 10.8. The zero-order chi connectivity index (χ0) is 18.0. The third kappa shape index (κ3) is 4.39. The van der Waals surface area contributed by atoms with Crippen LogP contribution in [0.25, 0.3) is 0 Å². The number of rotatable bonds is 5. The minimum atomic E-state index is 0.123. The predicted molar refractivity (Wildman–Crippen MR) is 98.0 cm³/mol. The second-order valence-corrected chi connectivity index (χ2v) is 7.81. The van der Waals surface area contributed by atoms with Crippen LogP contribution in [0, 0.1) is 11.8 Å². The highest BCUT2D eigenvalue weighted by atomic mass is 35.5. The van der Waals surface area contributed by atoms with Gasteiger partial charge in [-0.1, -0.05) is 25.4 Å². The molecule has 0 aromatic heterocycles. The average molecular weight is 367 g/mol. The highest BCUT2D eigenvalue weighted by Gasteiger charge is 2.27. The molecule has 1 unspecified atom stereocenters. The Balaban J connectivity index is 1.51. The van der Waals surface area contributed by atoms with Gasteiger partial charge in [-0.05, 0) is 56.5 Å². The van der Waals surface area contributed by atoms with E-state index in [2.05, 4.69) is 31.0 Å². The number of nitrogens with zero attached hydrogens (tertiary/aromatic N) is 1. The van der Waals surface area contributed by atoms with Gasteiger partial charge in [0.2, 0.25) is 12.7 Å². The summed E-state index contributed by atoms with van der Waals surface area (Å²) in [6.07, 6.45) is 1.80. The summed E-state index contributed by atoms with van der Waals surface area (Å²) in [6, 6.07) is 4.16. The number of carbonyl (C=O) groups is 1. The maximum absolute atomic E-state index is 12.4. The number of halogens is 1. The number of likely N-dealkylation sites (tertiary alicyclic amines) is 1. The summed E-state index contributed by atoms with van der Waals surface area (Å²) >= 11 is 6.25. The molecule has 1 N–H and O–H groups in total. The van der Waals surface area contributed by atoms with Gasteiger partial charge in [0, 0.05) is 18.5 Å². The van der Waals surface area contributed by atoms with Crippen LogP contribution in [0.4, 0.5) is 0 Å². The number of benzene rings is 1. The van der Waals surface area contributed by atoms with Gasteiger partial charge in [-0.2, -0.15) is 0 Å². The van der Waals surface area contributed by atoms with E-state index in [1.807, 2.05) is 12.1 Å². The molecule has 6 heteroatoms. The predicted octanol–water partition coefficient (Wildman–Crippen LogP) is 3.44. The molecule has 25 heavy (non-hydrogen) atoms. The Morgan fingerprint density at radius 2 is 2.00 bits per heavy atom. The molecule has 2 aliphatic heterocycles. The quantitative estimate of drug-likeness (QED) is 0.867. The fourth-order valence-corrected chi connectivity index (χ4v) is 3.52. The normalized spacial score (nSPS) is 19.2. The van der Waals surface area contributed by atoms with E-state index >= 15 is 0 Å². The minimum absolute atomic E-state index is 0.123. The van der Waals surface area contributed by atoms with E-state index in [0.717, 1.165) is 43.8 Å². The Hall–Kier alpha value is -1.46. The smallest absolute Gasteiger partial charge is 0.231 e. The fraction of sp³-hybridized carbons (Fsp3) is 0.632. The van der Waals surface area contributed by atoms with Crippen molar-refractivity contribution < 1.29 is 14.3 Å². The van der Waals surface area contributed by atoms with Gasteiger partial charge in [-0.3, -0.25) is 9.69 Å². The van der Waals surface area contributed by atoms with Crippen molar-refractivity contribution in [1.82, 2.24) is 10.2 Å². The Morgan fingerprint density at radius 3 is 2.68 bits per heavy atom. The van der Waals surface area contributed by atoms with E-state index in [4.69, 9.17) is 21.1 Å². The molecule has 2 heterocycles. The molecular formula is C19H27ClN2O3. The van der Waals surface area contributed by atoms with Crippen LogP contribution in [-0.4, -0.2) is 36.7 Å². The van der Waals surface area contributed by atoms with Crippen LogP contribution >= 0.6 is 11.6 Å². The maximum atomic E-state index is 12.4. The SMILES string of the molecule is CC(C)C(C)NC(=O)C1CCN(Cc2cc(Cl)c3c(c2)OCO3)CC1. The maximum Gasteiger partial charge on any atom is 0.231 e. The summed E-state index contributed by atoms with van der Waals surface area (Å²) in [4.78, 5) is 14.7. The molecule has 2 aliphatic rings. The third-order valence-electron chi connectivity index (χ3n) is 5.22. The molecule has 0 saturated carbocycles. The lowest BCUT2D eigenvalue weighted by Crippen LogP contribution is -2.44. The van der Waals surface area contributed by atoms with Crippen molar-refractivity contribution in [3.8, 4) is 11.5 Å². The summed E-state index contributed by atoms with van der Waals surface area (Å²) in [5.74, 6) is 2.14. The topological polar surface area (TPSA) is 50.8 Å². The zero-order valence-electron chi connectivity index (χ0n) is 15.2. The Kier molecular flexibility index (Phi) is 5.74. The standard InChI is InChI=1S/C19H27ClN2O3/c1-12(2)13(3)21-19(23)15-4-6-22(7-5-15)10-14-8-16(20)18-17(9-14)24-11-25-18/h8-9,12-13,15H,4-7,10-11H2,1-3H3,(H,21,23). The van der Waals surface area contributed by atoms with Crippen LogP contribution in [-0.2, 0) is 11.3 Å². The van der Waals surface area contributed by atoms with Gasteiger partial charge < -0.3 is 14.8 Å². The molecule has 1 atom stereocenters. The molecule has 0 aliphatic carbocycles. The van der Waals surface area contributed by atoms with E-state index in [9.17, 15) is 4.79 Å². The van der Waals surface area contributed by atoms with Gasteiger partial charge >= 0.3 is 0 Å². The van der Waals surface area contributed by atoms with Gasteiger partial charge in [-0.15, -0.1) is 0 Å². The van der Waals surface area contributed by atoms with E-state index in [1.54, 1.807) is 0 Å². The number of fused-ring (bicyclic) bond motifs is 1. The van der Waals surface area contributed by atoms with Gasteiger partial charge in [0.1, 0.15) is 0 Å². The molecule has 1 saturated heterocycles. The van der Waals surface area contributed by atoms with Gasteiger partial charge in [0.25, 0.3) is 0 Å². The van der Waals surface area contributed by atoms with Crippen molar-refractivity contribution in [1.29, 1.82) is 0 Å². The molecule has 138 valence electrons. The van der Waals surface area contributed by atoms with E-state index in [-0.39, 0.29) is 24.7 Å². The minimum Gasteiger partial charge on any atom is -0.454 e. The fourth-order valence-electron chi connectivity index (χ4n) is 3.23. The lowest BCUT2D eigenvalue weighted by Gasteiger charge is -2.32. The van der Waals surface area contributed by atoms with E-state index in [0.29, 0.717) is 16.7 Å². The number of nitrogens with one attached hydrogen (secondary N) is 1. The Labute approximate surface area is 154 Å². The van der Waals surface area contributed by atoms with Crippen molar-refractivity contribution in [2.24, 2.45) is 11.8 Å². The van der Waals surface area contributed by atoms with Crippen molar-refractivity contribution in [3.05, 3.63) is 22.7 Å². The van der Waals surface area contributed by atoms with Gasteiger partial charge in [0.05, 0.1) is 5.02 Å². The lowest BCUT2D eigenvalue weighted by atomic mass is 9.94. The van der Waals surface area contributed by atoms with Crippen LogP contribution in [0.5, 0.6) is 11.5 Å². The van der Waals surface area contributed by atoms with Gasteiger partial charge in [0.15, 0.2) is 11.5 Å². The Bertz CT molecular complexity index is 627. The summed E-state index contributed by atoms with van der Waals surface area (Å²) in [5, 5.41) is 3.74. The monoisotopic (exact) mass is 366 g/mol. The molecule has 1 fully saturated rings. The van der Waals surface area contributed by atoms with Gasteiger partial charge in [-0.25, -0.2) is 0 Å². The molecule has 1 amide bonds. The number of carbonyl (C=O) groups excluding carboxylic acids is 1. The first-order chi connectivity index (χ1) is 11.9. The van der Waals surface area contributed by atoms with Crippen molar-refractivity contribution >= 4 is 17.5 Å². The summed E-state index contributed by atoms with van der Waals surface area (Å²) in [6.45, 7) is 9.20.